The van der Waals surface area contributed by atoms with E-state index in [-0.39, 0.29) is 22.8 Å². The number of benzene rings is 2. The predicted octanol–water partition coefficient (Wildman–Crippen LogP) is 4.25. The van der Waals surface area contributed by atoms with E-state index in [2.05, 4.69) is 32.2 Å². The molecule has 156 valence electrons. The van der Waals surface area contributed by atoms with Crippen LogP contribution in [0.1, 0.15) is 5.56 Å². The van der Waals surface area contributed by atoms with Gasteiger partial charge >= 0.3 is 0 Å². The second-order valence-corrected chi connectivity index (χ2v) is 8.02. The summed E-state index contributed by atoms with van der Waals surface area (Å²) in [4.78, 5) is 9.46. The van der Waals surface area contributed by atoms with Crippen molar-refractivity contribution in [1.29, 1.82) is 0 Å². The van der Waals surface area contributed by atoms with Crippen LogP contribution in [0, 0.1) is 5.82 Å². The standard InChI is InChI=1S/C21H25FN4OS.BrH/c1-27-19-5-3-2-4-16(19)15-26-12-10-25(11-13-26)9-8-23-21-24-18-7-6-17(22)14-20(18)28-21;/h2-7,14H,8-13,15H2,1H3,(H,23,24);1H. The second-order valence-electron chi connectivity index (χ2n) is 6.99. The smallest absolute Gasteiger partial charge is 0.183 e. The minimum Gasteiger partial charge on any atom is -0.496 e. The molecule has 1 N–H and O–H groups in total. The molecule has 2 heterocycles. The summed E-state index contributed by atoms with van der Waals surface area (Å²) in [5.74, 6) is 0.749. The van der Waals surface area contributed by atoms with E-state index in [0.717, 1.165) is 66.9 Å². The molecule has 4 rings (SSSR count). The Morgan fingerprint density at radius 1 is 1.10 bits per heavy atom. The summed E-state index contributed by atoms with van der Waals surface area (Å²) in [6.45, 7) is 6.97. The lowest BCUT2D eigenvalue weighted by atomic mass is 10.1. The van der Waals surface area contributed by atoms with Crippen LogP contribution in [0.15, 0.2) is 42.5 Å². The number of fused-ring (bicyclic) bond motifs is 1. The molecule has 1 aromatic heterocycles. The zero-order valence-electron chi connectivity index (χ0n) is 16.4. The molecule has 0 amide bonds. The van der Waals surface area contributed by atoms with Crippen LogP contribution < -0.4 is 10.1 Å². The zero-order chi connectivity index (χ0) is 19.3. The molecular formula is C21H26BrFN4OS. The van der Waals surface area contributed by atoms with Gasteiger partial charge in [-0.2, -0.15) is 0 Å². The molecule has 1 aliphatic rings. The Morgan fingerprint density at radius 2 is 1.86 bits per heavy atom. The van der Waals surface area contributed by atoms with Gasteiger partial charge in [-0.25, -0.2) is 9.37 Å². The molecular weight excluding hydrogens is 455 g/mol. The van der Waals surface area contributed by atoms with E-state index in [1.54, 1.807) is 19.2 Å². The fourth-order valence-corrected chi connectivity index (χ4v) is 4.46. The number of para-hydroxylation sites is 1. The predicted molar refractivity (Wildman–Crippen MR) is 123 cm³/mol. The van der Waals surface area contributed by atoms with Crippen LogP contribution in [-0.2, 0) is 6.54 Å². The van der Waals surface area contributed by atoms with Gasteiger partial charge in [0, 0.05) is 51.4 Å². The number of piperazine rings is 1. The Bertz CT molecular complexity index is 930. The molecule has 2 aromatic carbocycles. The lowest BCUT2D eigenvalue weighted by Crippen LogP contribution is -2.47. The zero-order valence-corrected chi connectivity index (χ0v) is 19.0. The molecule has 1 aliphatic heterocycles. The van der Waals surface area contributed by atoms with Gasteiger partial charge in [0.2, 0.25) is 0 Å². The number of nitrogens with one attached hydrogen (secondary N) is 1. The van der Waals surface area contributed by atoms with Gasteiger partial charge in [0.15, 0.2) is 5.13 Å². The molecule has 0 bridgehead atoms. The van der Waals surface area contributed by atoms with E-state index in [0.29, 0.717) is 0 Å². The fourth-order valence-electron chi connectivity index (χ4n) is 3.54. The third-order valence-electron chi connectivity index (χ3n) is 5.11. The first kappa shape index (κ1) is 22.0. The molecule has 8 heteroatoms. The number of methoxy groups -OCH3 is 1. The molecule has 0 unspecified atom stereocenters. The summed E-state index contributed by atoms with van der Waals surface area (Å²) in [5, 5.41) is 4.24. The largest absolute Gasteiger partial charge is 0.496 e. The van der Waals surface area contributed by atoms with Gasteiger partial charge in [-0.1, -0.05) is 29.5 Å². The average molecular weight is 481 g/mol. The maximum atomic E-state index is 13.3. The van der Waals surface area contributed by atoms with Crippen molar-refractivity contribution in [3.63, 3.8) is 0 Å². The van der Waals surface area contributed by atoms with E-state index >= 15 is 0 Å². The van der Waals surface area contributed by atoms with E-state index in [4.69, 9.17) is 4.74 Å². The third-order valence-corrected chi connectivity index (χ3v) is 6.08. The van der Waals surface area contributed by atoms with E-state index in [9.17, 15) is 4.39 Å². The minimum atomic E-state index is -0.214. The van der Waals surface area contributed by atoms with E-state index in [1.807, 2.05) is 12.1 Å². The van der Waals surface area contributed by atoms with Crippen LogP contribution in [0.3, 0.4) is 0 Å². The average Bonchev–Trinajstić information content (AvgIpc) is 3.11. The molecule has 1 fully saturated rings. The van der Waals surface area contributed by atoms with Gasteiger partial charge in [-0.05, 0) is 24.3 Å². The molecule has 0 radical (unpaired) electrons. The molecule has 29 heavy (non-hydrogen) atoms. The van der Waals surface area contributed by atoms with E-state index < -0.39 is 0 Å². The van der Waals surface area contributed by atoms with Crippen molar-refractivity contribution in [2.75, 3.05) is 51.7 Å². The molecule has 1 saturated heterocycles. The highest BCUT2D eigenvalue weighted by atomic mass is 79.9. The van der Waals surface area contributed by atoms with Gasteiger partial charge in [0.05, 0.1) is 17.3 Å². The number of halogens is 2. The van der Waals surface area contributed by atoms with Crippen LogP contribution >= 0.6 is 28.3 Å². The first-order chi connectivity index (χ1) is 13.7. The molecule has 5 nitrogen and oxygen atoms in total. The molecule has 0 aliphatic carbocycles. The highest BCUT2D eigenvalue weighted by Gasteiger charge is 2.18. The Labute approximate surface area is 185 Å². The van der Waals surface area contributed by atoms with Crippen LogP contribution in [0.25, 0.3) is 10.2 Å². The first-order valence-corrected chi connectivity index (χ1v) is 10.4. The highest BCUT2D eigenvalue weighted by molar-refractivity contribution is 8.93. The summed E-state index contributed by atoms with van der Waals surface area (Å²) < 4.78 is 19.6. The fraction of sp³-hybridized carbons (Fsp3) is 0.381. The van der Waals surface area contributed by atoms with Gasteiger partial charge < -0.3 is 10.1 Å². The molecule has 3 aromatic rings. The van der Waals surface area contributed by atoms with E-state index in [1.165, 1.54) is 23.0 Å². The summed E-state index contributed by atoms with van der Waals surface area (Å²) in [5.41, 5.74) is 2.09. The van der Waals surface area contributed by atoms with Crippen LogP contribution in [0.4, 0.5) is 9.52 Å². The van der Waals surface area contributed by atoms with Crippen molar-refractivity contribution in [2.45, 2.75) is 6.54 Å². The Hall–Kier alpha value is -1.74. The topological polar surface area (TPSA) is 40.6 Å². The van der Waals surface area contributed by atoms with Crippen LogP contribution in [0.5, 0.6) is 5.75 Å². The van der Waals surface area contributed by atoms with Crippen molar-refractivity contribution < 1.29 is 9.13 Å². The number of anilines is 1. The first-order valence-electron chi connectivity index (χ1n) is 9.58. The monoisotopic (exact) mass is 480 g/mol. The van der Waals surface area contributed by atoms with Crippen LogP contribution in [-0.4, -0.2) is 61.2 Å². The lowest BCUT2D eigenvalue weighted by molar-refractivity contribution is 0.130. The number of ether oxygens (including phenoxy) is 1. The van der Waals surface area contributed by atoms with Gasteiger partial charge in [0.25, 0.3) is 0 Å². The Kier molecular flexibility index (Phi) is 7.83. The summed E-state index contributed by atoms with van der Waals surface area (Å²) in [7, 11) is 1.73. The minimum absolute atomic E-state index is 0. The SMILES string of the molecule is Br.COc1ccccc1CN1CCN(CCNc2nc3ccc(F)cc3s2)CC1. The van der Waals surface area contributed by atoms with Gasteiger partial charge in [0.1, 0.15) is 11.6 Å². The Morgan fingerprint density at radius 3 is 2.66 bits per heavy atom. The van der Waals surface area contributed by atoms with Gasteiger partial charge in [-0.3, -0.25) is 9.80 Å². The van der Waals surface area contributed by atoms with Crippen molar-refractivity contribution in [3.8, 4) is 5.75 Å². The number of nitrogens with zero attached hydrogens (tertiary/aromatic N) is 3. The second kappa shape index (κ2) is 10.3. The summed E-state index contributed by atoms with van der Waals surface area (Å²) in [6, 6.07) is 13.0. The van der Waals surface area contributed by atoms with Gasteiger partial charge in [-0.15, -0.1) is 17.0 Å². The molecule has 0 atom stereocenters. The van der Waals surface area contributed by atoms with Crippen molar-refractivity contribution in [2.24, 2.45) is 0 Å². The number of hydrogen-bond acceptors (Lipinski definition) is 6. The van der Waals surface area contributed by atoms with Crippen molar-refractivity contribution in [1.82, 2.24) is 14.8 Å². The number of thiazole rings is 1. The highest BCUT2D eigenvalue weighted by Crippen LogP contribution is 2.26. The number of rotatable bonds is 7. The van der Waals surface area contributed by atoms with Crippen LogP contribution in [0.2, 0.25) is 0 Å². The quantitative estimate of drug-likeness (QED) is 0.547. The van der Waals surface area contributed by atoms with Crippen molar-refractivity contribution in [3.05, 3.63) is 53.8 Å². The summed E-state index contributed by atoms with van der Waals surface area (Å²) in [6.07, 6.45) is 0. The molecule has 0 saturated carbocycles. The molecule has 0 spiro atoms. The summed E-state index contributed by atoms with van der Waals surface area (Å²) >= 11 is 1.50. The Balaban J connectivity index is 0.00000240. The maximum absolute atomic E-state index is 13.3. The lowest BCUT2D eigenvalue weighted by Gasteiger charge is -2.34. The number of aromatic nitrogens is 1. The number of hydrogen-bond donors (Lipinski definition) is 1. The third kappa shape index (κ3) is 5.66. The maximum Gasteiger partial charge on any atom is 0.183 e. The van der Waals surface area contributed by atoms with Crippen molar-refractivity contribution >= 4 is 43.7 Å². The normalized spacial score (nSPS) is 15.2.